The van der Waals surface area contributed by atoms with Crippen LogP contribution in [0, 0.1) is 13.8 Å². The largest absolute Gasteiger partial charge is 0.376 e. The molecule has 4 aromatic rings. The number of halogens is 2. The summed E-state index contributed by atoms with van der Waals surface area (Å²) in [7, 11) is 0. The lowest BCUT2D eigenvalue weighted by Crippen LogP contribution is -2.16. The zero-order chi connectivity index (χ0) is 24.1. The lowest BCUT2D eigenvalue weighted by Gasteiger charge is -2.13. The summed E-state index contributed by atoms with van der Waals surface area (Å²) in [5.41, 5.74) is 4.61. The summed E-state index contributed by atoms with van der Waals surface area (Å²) in [4.78, 5) is 12.7. The molecule has 0 atom stereocenters. The summed E-state index contributed by atoms with van der Waals surface area (Å²) < 4.78 is 1.93. The number of para-hydroxylation sites is 1. The summed E-state index contributed by atoms with van der Waals surface area (Å²) in [6.07, 6.45) is 0. The highest BCUT2D eigenvalue weighted by Gasteiger charge is 2.17. The van der Waals surface area contributed by atoms with E-state index in [1.165, 1.54) is 11.8 Å². The lowest BCUT2D eigenvalue weighted by molar-refractivity contribution is -0.113. The highest BCUT2D eigenvalue weighted by atomic mass is 35.5. The Morgan fingerprint density at radius 2 is 1.76 bits per heavy atom. The van der Waals surface area contributed by atoms with E-state index in [0.29, 0.717) is 33.3 Å². The molecule has 0 aliphatic rings. The fourth-order valence-electron chi connectivity index (χ4n) is 3.35. The molecule has 0 radical (unpaired) electrons. The number of carbonyl (C=O) groups excluding carboxylic acids is 1. The van der Waals surface area contributed by atoms with Crippen LogP contribution in [0.1, 0.15) is 17.0 Å². The second-order valence-electron chi connectivity index (χ2n) is 7.63. The standard InChI is InChI=1S/C25H23Cl2N5OS/c1-16-7-6-10-21(17(16)2)29-24(33)15-34-25-31-30-23(32(25)19-8-4-3-5-9-19)14-28-22-13-18(26)11-12-20(22)27/h3-13,28H,14-15H2,1-2H3,(H,29,33). The van der Waals surface area contributed by atoms with Crippen LogP contribution in [0.25, 0.3) is 5.69 Å². The summed E-state index contributed by atoms with van der Waals surface area (Å²) >= 11 is 13.7. The highest BCUT2D eigenvalue weighted by molar-refractivity contribution is 7.99. The van der Waals surface area contributed by atoms with E-state index in [4.69, 9.17) is 23.2 Å². The number of aromatic nitrogens is 3. The number of carbonyl (C=O) groups is 1. The Kier molecular flexibility index (Phi) is 7.77. The number of anilines is 2. The van der Waals surface area contributed by atoms with E-state index in [1.54, 1.807) is 18.2 Å². The van der Waals surface area contributed by atoms with Crippen LogP contribution in [0.2, 0.25) is 10.0 Å². The molecule has 1 aromatic heterocycles. The van der Waals surface area contributed by atoms with E-state index < -0.39 is 0 Å². The maximum absolute atomic E-state index is 12.7. The van der Waals surface area contributed by atoms with Crippen molar-refractivity contribution < 1.29 is 4.79 Å². The first-order valence-corrected chi connectivity index (χ1v) is 12.3. The normalized spacial score (nSPS) is 10.8. The minimum atomic E-state index is -0.105. The number of benzene rings is 3. The molecular weight excluding hydrogens is 489 g/mol. The van der Waals surface area contributed by atoms with Crippen molar-refractivity contribution in [3.8, 4) is 5.69 Å². The van der Waals surface area contributed by atoms with Gasteiger partial charge in [-0.2, -0.15) is 0 Å². The van der Waals surface area contributed by atoms with Gasteiger partial charge in [0, 0.05) is 16.4 Å². The molecule has 0 fully saturated rings. The van der Waals surface area contributed by atoms with E-state index in [1.807, 2.05) is 66.9 Å². The summed E-state index contributed by atoms with van der Waals surface area (Å²) in [5.74, 6) is 0.776. The number of amides is 1. The third-order valence-corrected chi connectivity index (χ3v) is 6.78. The molecule has 2 N–H and O–H groups in total. The zero-order valence-electron chi connectivity index (χ0n) is 18.7. The first-order chi connectivity index (χ1) is 16.4. The molecule has 3 aromatic carbocycles. The molecule has 34 heavy (non-hydrogen) atoms. The number of hydrogen-bond acceptors (Lipinski definition) is 5. The van der Waals surface area contributed by atoms with E-state index in [9.17, 15) is 4.79 Å². The fourth-order valence-corrected chi connectivity index (χ4v) is 4.48. The van der Waals surface area contributed by atoms with Crippen molar-refractivity contribution in [1.29, 1.82) is 0 Å². The van der Waals surface area contributed by atoms with Gasteiger partial charge in [-0.3, -0.25) is 9.36 Å². The Labute approximate surface area is 212 Å². The monoisotopic (exact) mass is 511 g/mol. The van der Waals surface area contributed by atoms with Crippen LogP contribution in [0.4, 0.5) is 11.4 Å². The number of nitrogens with one attached hydrogen (secondary N) is 2. The molecule has 1 amide bonds. The van der Waals surface area contributed by atoms with Crippen LogP contribution in [-0.4, -0.2) is 26.4 Å². The first-order valence-electron chi connectivity index (χ1n) is 10.6. The summed E-state index contributed by atoms with van der Waals surface area (Å²) in [5, 5.41) is 16.8. The van der Waals surface area contributed by atoms with E-state index >= 15 is 0 Å². The summed E-state index contributed by atoms with van der Waals surface area (Å²) in [6, 6.07) is 20.9. The third kappa shape index (κ3) is 5.73. The highest BCUT2D eigenvalue weighted by Crippen LogP contribution is 2.27. The summed E-state index contributed by atoms with van der Waals surface area (Å²) in [6.45, 7) is 4.39. The Morgan fingerprint density at radius 1 is 0.971 bits per heavy atom. The van der Waals surface area contributed by atoms with Gasteiger partial charge in [0.15, 0.2) is 11.0 Å². The van der Waals surface area contributed by atoms with Crippen LogP contribution < -0.4 is 10.6 Å². The van der Waals surface area contributed by atoms with E-state index in [2.05, 4.69) is 20.8 Å². The molecule has 174 valence electrons. The first kappa shape index (κ1) is 24.1. The number of rotatable bonds is 8. The molecule has 1 heterocycles. The van der Waals surface area contributed by atoms with Crippen LogP contribution in [-0.2, 0) is 11.3 Å². The molecule has 0 aliphatic heterocycles. The maximum Gasteiger partial charge on any atom is 0.234 e. The van der Waals surface area contributed by atoms with E-state index in [-0.39, 0.29) is 11.7 Å². The van der Waals surface area contributed by atoms with Crippen LogP contribution in [0.5, 0.6) is 0 Å². The topological polar surface area (TPSA) is 71.8 Å². The molecule has 0 unspecified atom stereocenters. The van der Waals surface area contributed by atoms with Crippen LogP contribution >= 0.6 is 35.0 Å². The van der Waals surface area contributed by atoms with Crippen molar-refractivity contribution in [3.05, 3.63) is 93.7 Å². The van der Waals surface area contributed by atoms with Crippen molar-refractivity contribution in [1.82, 2.24) is 14.8 Å². The Bertz CT molecular complexity index is 1310. The van der Waals surface area contributed by atoms with Gasteiger partial charge < -0.3 is 10.6 Å². The Morgan fingerprint density at radius 3 is 2.56 bits per heavy atom. The van der Waals surface area contributed by atoms with Gasteiger partial charge in [-0.25, -0.2) is 0 Å². The molecule has 0 saturated carbocycles. The molecule has 0 saturated heterocycles. The van der Waals surface area contributed by atoms with Gasteiger partial charge in [-0.1, -0.05) is 65.3 Å². The Hall–Kier alpha value is -3.00. The minimum Gasteiger partial charge on any atom is -0.376 e. The van der Waals surface area contributed by atoms with Crippen molar-refractivity contribution in [2.75, 3.05) is 16.4 Å². The molecule has 0 bridgehead atoms. The third-order valence-electron chi connectivity index (χ3n) is 5.29. The quantitative estimate of drug-likeness (QED) is 0.263. The van der Waals surface area contributed by atoms with Crippen LogP contribution in [0.3, 0.4) is 0 Å². The maximum atomic E-state index is 12.7. The van der Waals surface area contributed by atoms with E-state index in [0.717, 1.165) is 22.5 Å². The van der Waals surface area contributed by atoms with Gasteiger partial charge in [0.25, 0.3) is 0 Å². The second kappa shape index (κ2) is 11.0. The van der Waals surface area contributed by atoms with Gasteiger partial charge >= 0.3 is 0 Å². The van der Waals surface area contributed by atoms with Gasteiger partial charge in [-0.15, -0.1) is 10.2 Å². The number of nitrogens with zero attached hydrogens (tertiary/aromatic N) is 3. The van der Waals surface area contributed by atoms with Gasteiger partial charge in [-0.05, 0) is 61.4 Å². The average Bonchev–Trinajstić information content (AvgIpc) is 3.24. The molecule has 4 rings (SSSR count). The van der Waals surface area contributed by atoms with Gasteiger partial charge in [0.2, 0.25) is 5.91 Å². The lowest BCUT2D eigenvalue weighted by atomic mass is 10.1. The zero-order valence-corrected chi connectivity index (χ0v) is 21.0. The number of aryl methyl sites for hydroxylation is 1. The van der Waals surface area contributed by atoms with Crippen molar-refractivity contribution in [2.24, 2.45) is 0 Å². The second-order valence-corrected chi connectivity index (χ2v) is 9.42. The average molecular weight is 512 g/mol. The van der Waals surface area contributed by atoms with Crippen molar-refractivity contribution in [3.63, 3.8) is 0 Å². The number of hydrogen-bond donors (Lipinski definition) is 2. The van der Waals surface area contributed by atoms with Crippen LogP contribution in [0.15, 0.2) is 71.9 Å². The fraction of sp³-hybridized carbons (Fsp3) is 0.160. The minimum absolute atomic E-state index is 0.105. The van der Waals surface area contributed by atoms with Gasteiger partial charge in [0.05, 0.1) is 23.0 Å². The molecule has 0 aliphatic carbocycles. The van der Waals surface area contributed by atoms with Crippen molar-refractivity contribution >= 4 is 52.2 Å². The smallest absolute Gasteiger partial charge is 0.234 e. The molecule has 9 heteroatoms. The predicted octanol–water partition coefficient (Wildman–Crippen LogP) is 6.53. The number of thioether (sulfide) groups is 1. The molecule has 0 spiro atoms. The molecule has 6 nitrogen and oxygen atoms in total. The predicted molar refractivity (Wildman–Crippen MR) is 140 cm³/mol. The SMILES string of the molecule is Cc1cccc(NC(=O)CSc2nnc(CNc3cc(Cl)ccc3Cl)n2-c2ccccc2)c1C. The molecular formula is C25H23Cl2N5OS. The van der Waals surface area contributed by atoms with Crippen molar-refractivity contribution in [2.45, 2.75) is 25.5 Å². The van der Waals surface area contributed by atoms with Gasteiger partial charge in [0.1, 0.15) is 0 Å². The Balaban J connectivity index is 1.52.